The fourth-order valence-electron chi connectivity index (χ4n) is 5.12. The van der Waals surface area contributed by atoms with Crippen molar-refractivity contribution in [2.45, 2.75) is 18.5 Å². The van der Waals surface area contributed by atoms with Crippen molar-refractivity contribution < 1.29 is 18.7 Å². The summed E-state index contributed by atoms with van der Waals surface area (Å²) in [4.78, 5) is 21.0. The second-order valence-corrected chi connectivity index (χ2v) is 8.77. The molecule has 8 heteroatoms. The van der Waals surface area contributed by atoms with Crippen molar-refractivity contribution in [3.63, 3.8) is 0 Å². The monoisotopic (exact) mass is 474 g/mol. The van der Waals surface area contributed by atoms with E-state index in [0.717, 1.165) is 40.6 Å². The topological polar surface area (TPSA) is 68.7 Å². The van der Waals surface area contributed by atoms with Gasteiger partial charge in [0.05, 0.1) is 24.4 Å². The minimum absolute atomic E-state index is 0.0258. The molecule has 3 atom stereocenters. The number of hydrogen-bond acceptors (Lipinski definition) is 4. The van der Waals surface area contributed by atoms with Gasteiger partial charge in [0.25, 0.3) is 0 Å². The zero-order valence-corrected chi connectivity index (χ0v) is 19.1. The average Bonchev–Trinajstić information content (AvgIpc) is 3.31. The molecular formula is C27H24F2N4O2. The Labute approximate surface area is 202 Å². The van der Waals surface area contributed by atoms with Crippen LogP contribution in [0.2, 0.25) is 0 Å². The van der Waals surface area contributed by atoms with Gasteiger partial charge < -0.3 is 20.2 Å². The first-order chi connectivity index (χ1) is 17.0. The predicted molar refractivity (Wildman–Crippen MR) is 129 cm³/mol. The summed E-state index contributed by atoms with van der Waals surface area (Å²) in [6.07, 6.45) is 4.05. The number of nitrogens with one attached hydrogen (secondary N) is 1. The van der Waals surface area contributed by atoms with Crippen molar-refractivity contribution in [3.8, 4) is 11.8 Å². The molecule has 0 bridgehead atoms. The molecule has 3 aromatic rings. The number of aromatic nitrogens is 1. The molecule has 2 aliphatic rings. The van der Waals surface area contributed by atoms with E-state index in [9.17, 15) is 18.7 Å². The van der Waals surface area contributed by atoms with Crippen LogP contribution in [0.5, 0.6) is 0 Å². The number of urea groups is 1. The highest BCUT2D eigenvalue weighted by atomic mass is 19.1. The Balaban J connectivity index is 1.50. The molecule has 3 unspecified atom stereocenters. The minimum Gasteiger partial charge on any atom is -0.394 e. The molecular weight excluding hydrogens is 450 g/mol. The Bertz CT molecular complexity index is 1320. The molecule has 35 heavy (non-hydrogen) atoms. The number of aliphatic hydroxyl groups is 1. The van der Waals surface area contributed by atoms with E-state index < -0.39 is 17.7 Å². The van der Waals surface area contributed by atoms with Crippen LogP contribution in [-0.4, -0.2) is 47.3 Å². The van der Waals surface area contributed by atoms with E-state index in [1.54, 1.807) is 17.3 Å². The third-order valence-electron chi connectivity index (χ3n) is 6.79. The summed E-state index contributed by atoms with van der Waals surface area (Å²) in [6.45, 7) is 0.362. The number of fused-ring (bicyclic) bond motifs is 3. The predicted octanol–water partition coefficient (Wildman–Crippen LogP) is 4.17. The largest absolute Gasteiger partial charge is 0.394 e. The van der Waals surface area contributed by atoms with Crippen molar-refractivity contribution >= 4 is 17.4 Å². The normalized spacial score (nSPS) is 20.5. The number of likely N-dealkylation sites (tertiary alicyclic amines) is 1. The van der Waals surface area contributed by atoms with Crippen LogP contribution >= 0.6 is 0 Å². The van der Waals surface area contributed by atoms with Crippen molar-refractivity contribution in [2.24, 2.45) is 5.92 Å². The number of nitrogens with zero attached hydrogens (tertiary/aromatic N) is 3. The average molecular weight is 475 g/mol. The molecule has 2 aliphatic heterocycles. The fourth-order valence-corrected chi connectivity index (χ4v) is 5.12. The van der Waals surface area contributed by atoms with E-state index in [1.807, 2.05) is 42.3 Å². The zero-order valence-electron chi connectivity index (χ0n) is 19.1. The molecule has 0 radical (unpaired) electrons. The number of likely N-dealkylation sites (N-methyl/N-ethyl adjacent to an activating group) is 1. The van der Waals surface area contributed by atoms with Gasteiger partial charge >= 0.3 is 6.03 Å². The van der Waals surface area contributed by atoms with Gasteiger partial charge in [-0.2, -0.15) is 0 Å². The van der Waals surface area contributed by atoms with Crippen LogP contribution in [0.4, 0.5) is 25.0 Å². The maximum Gasteiger partial charge on any atom is 0.322 e. The van der Waals surface area contributed by atoms with E-state index in [4.69, 9.17) is 0 Å². The van der Waals surface area contributed by atoms with Gasteiger partial charge in [-0.05, 0) is 54.4 Å². The highest BCUT2D eigenvalue weighted by Gasteiger charge is 2.47. The van der Waals surface area contributed by atoms with Crippen LogP contribution in [-0.2, 0) is 0 Å². The highest BCUT2D eigenvalue weighted by Crippen LogP contribution is 2.48. The molecule has 6 nitrogen and oxygen atoms in total. The number of benzene rings is 2. The van der Waals surface area contributed by atoms with Crippen molar-refractivity contribution in [3.05, 3.63) is 89.2 Å². The van der Waals surface area contributed by atoms with E-state index in [0.29, 0.717) is 13.0 Å². The molecule has 0 saturated carbocycles. The second-order valence-electron chi connectivity index (χ2n) is 8.77. The first-order valence-electron chi connectivity index (χ1n) is 11.4. The van der Waals surface area contributed by atoms with Crippen molar-refractivity contribution in [1.29, 1.82) is 0 Å². The number of pyridine rings is 1. The Morgan fingerprint density at radius 3 is 2.77 bits per heavy atom. The second kappa shape index (κ2) is 9.35. The molecule has 2 amide bonds. The SMILES string of the molecule is CN1c2ccc(C#Cc3cccnc3)cc2C2C(CCN2C(=O)Nc2cc(F)ccc2F)C1CO. The third-order valence-corrected chi connectivity index (χ3v) is 6.79. The maximum atomic E-state index is 14.2. The van der Waals surface area contributed by atoms with Crippen LogP contribution < -0.4 is 10.2 Å². The Morgan fingerprint density at radius 1 is 1.17 bits per heavy atom. The molecule has 178 valence electrons. The fraction of sp³-hybridized carbons (Fsp3) is 0.259. The molecule has 2 aromatic carbocycles. The minimum atomic E-state index is -0.708. The highest BCUT2D eigenvalue weighted by molar-refractivity contribution is 5.90. The smallest absolute Gasteiger partial charge is 0.322 e. The van der Waals surface area contributed by atoms with Crippen LogP contribution in [0, 0.1) is 29.4 Å². The number of anilines is 2. The summed E-state index contributed by atoms with van der Waals surface area (Å²) in [6, 6.07) is 11.4. The molecule has 1 fully saturated rings. The number of hydrogen-bond donors (Lipinski definition) is 2. The summed E-state index contributed by atoms with van der Waals surface area (Å²) in [5, 5.41) is 12.7. The van der Waals surface area contributed by atoms with E-state index in [2.05, 4.69) is 22.1 Å². The summed E-state index contributed by atoms with van der Waals surface area (Å²) in [5.41, 5.74) is 3.17. The third kappa shape index (κ3) is 4.31. The van der Waals surface area contributed by atoms with Crippen LogP contribution in [0.15, 0.2) is 60.9 Å². The Hall–Kier alpha value is -3.96. The van der Waals surface area contributed by atoms with Gasteiger partial charge in [0, 0.05) is 54.8 Å². The van der Waals surface area contributed by atoms with Gasteiger partial charge in [-0.1, -0.05) is 11.8 Å². The molecule has 1 saturated heterocycles. The summed E-state index contributed by atoms with van der Waals surface area (Å²) in [7, 11) is 1.93. The quantitative estimate of drug-likeness (QED) is 0.548. The summed E-state index contributed by atoms with van der Waals surface area (Å²) in [5.74, 6) is 4.89. The molecule has 2 N–H and O–H groups in total. The number of carbonyl (C=O) groups is 1. The first-order valence-corrected chi connectivity index (χ1v) is 11.4. The van der Waals surface area contributed by atoms with Crippen molar-refractivity contribution in [1.82, 2.24) is 9.88 Å². The lowest BCUT2D eigenvalue weighted by Crippen LogP contribution is -2.48. The Morgan fingerprint density at radius 2 is 2.00 bits per heavy atom. The van der Waals surface area contributed by atoms with Gasteiger partial charge in [0.1, 0.15) is 11.6 Å². The standard InChI is InChI=1S/C27H24F2N4O2/c1-32-24-9-6-17(4-5-18-3-2-11-30-15-18)13-21(24)26-20(25(32)16-34)10-12-33(26)27(35)31-23-14-19(28)7-8-22(23)29/h2-3,6-9,11,13-15,20,25-26,34H,10,12,16H2,1H3,(H,31,35). The summed E-state index contributed by atoms with van der Waals surface area (Å²) < 4.78 is 27.8. The van der Waals surface area contributed by atoms with Crippen LogP contribution in [0.1, 0.15) is 29.2 Å². The lowest BCUT2D eigenvalue weighted by Gasteiger charge is -2.44. The van der Waals surface area contributed by atoms with Gasteiger partial charge in [-0.3, -0.25) is 4.98 Å². The number of aliphatic hydroxyl groups excluding tert-OH is 1. The van der Waals surface area contributed by atoms with Crippen molar-refractivity contribution in [2.75, 3.05) is 30.4 Å². The lowest BCUT2D eigenvalue weighted by atomic mass is 9.81. The number of carbonyl (C=O) groups excluding carboxylic acids is 1. The molecule has 0 aliphatic carbocycles. The number of amides is 2. The Kier molecular flexibility index (Phi) is 6.10. The molecule has 1 aromatic heterocycles. The van der Waals surface area contributed by atoms with Gasteiger partial charge in [-0.15, -0.1) is 0 Å². The number of halogens is 2. The van der Waals surface area contributed by atoms with Gasteiger partial charge in [0.2, 0.25) is 0 Å². The molecule has 5 rings (SSSR count). The maximum absolute atomic E-state index is 14.2. The summed E-state index contributed by atoms with van der Waals surface area (Å²) >= 11 is 0. The molecule has 3 heterocycles. The molecule has 0 spiro atoms. The van der Waals surface area contributed by atoms with E-state index >= 15 is 0 Å². The van der Waals surface area contributed by atoms with Crippen LogP contribution in [0.25, 0.3) is 0 Å². The van der Waals surface area contributed by atoms with Crippen LogP contribution in [0.3, 0.4) is 0 Å². The lowest BCUT2D eigenvalue weighted by molar-refractivity contribution is 0.168. The first kappa shape index (κ1) is 22.8. The number of rotatable bonds is 2. The van der Waals surface area contributed by atoms with E-state index in [-0.39, 0.29) is 30.3 Å². The van der Waals surface area contributed by atoms with Gasteiger partial charge in [-0.25, -0.2) is 13.6 Å². The van der Waals surface area contributed by atoms with E-state index in [1.165, 1.54) is 0 Å². The zero-order chi connectivity index (χ0) is 24.5. The van der Waals surface area contributed by atoms with Gasteiger partial charge in [0.15, 0.2) is 0 Å².